The first-order valence-corrected chi connectivity index (χ1v) is 7.70. The number of hydrogen-bond donors (Lipinski definition) is 1. The molecule has 1 saturated carbocycles. The zero-order valence-corrected chi connectivity index (χ0v) is 12.5. The van der Waals surface area contributed by atoms with E-state index in [4.69, 9.17) is 4.74 Å². The van der Waals surface area contributed by atoms with Crippen molar-refractivity contribution < 1.29 is 4.74 Å². The number of nitrogens with one attached hydrogen (secondary N) is 1. The molecule has 3 atom stereocenters. The highest BCUT2D eigenvalue weighted by Crippen LogP contribution is 2.31. The Morgan fingerprint density at radius 3 is 2.68 bits per heavy atom. The fraction of sp³-hybridized carbons (Fsp3) is 0.647. The van der Waals surface area contributed by atoms with Crippen LogP contribution in [0.5, 0.6) is 5.75 Å². The Hall–Kier alpha value is -1.02. The molecule has 0 aliphatic heterocycles. The SMILES string of the molecule is CCNC1CCC(CC)CC1Oc1ccccc1C. The molecule has 2 heteroatoms. The third kappa shape index (κ3) is 3.73. The smallest absolute Gasteiger partial charge is 0.122 e. The van der Waals surface area contributed by atoms with E-state index in [1.165, 1.54) is 31.2 Å². The molecule has 1 fully saturated rings. The van der Waals surface area contributed by atoms with Gasteiger partial charge in [0.1, 0.15) is 11.9 Å². The minimum atomic E-state index is 0.319. The lowest BCUT2D eigenvalue weighted by Gasteiger charge is -2.36. The van der Waals surface area contributed by atoms with Crippen LogP contribution < -0.4 is 10.1 Å². The van der Waals surface area contributed by atoms with Gasteiger partial charge in [0.2, 0.25) is 0 Å². The van der Waals surface area contributed by atoms with Crippen molar-refractivity contribution in [2.24, 2.45) is 5.92 Å². The van der Waals surface area contributed by atoms with Crippen LogP contribution in [-0.2, 0) is 0 Å². The van der Waals surface area contributed by atoms with Gasteiger partial charge in [-0.05, 0) is 50.3 Å². The van der Waals surface area contributed by atoms with E-state index in [1.54, 1.807) is 0 Å². The highest BCUT2D eigenvalue weighted by atomic mass is 16.5. The van der Waals surface area contributed by atoms with Crippen molar-refractivity contribution in [1.82, 2.24) is 5.32 Å². The van der Waals surface area contributed by atoms with Crippen LogP contribution in [0.25, 0.3) is 0 Å². The predicted octanol–water partition coefficient (Wildman–Crippen LogP) is 3.93. The van der Waals surface area contributed by atoms with Crippen molar-refractivity contribution in [3.05, 3.63) is 29.8 Å². The Morgan fingerprint density at radius 2 is 2.00 bits per heavy atom. The Bertz CT molecular complexity index is 391. The second-order valence-electron chi connectivity index (χ2n) is 5.67. The third-order valence-electron chi connectivity index (χ3n) is 4.32. The first-order chi connectivity index (χ1) is 9.24. The molecule has 1 aliphatic rings. The zero-order chi connectivity index (χ0) is 13.7. The largest absolute Gasteiger partial charge is 0.489 e. The van der Waals surface area contributed by atoms with E-state index in [2.05, 4.69) is 50.4 Å². The summed E-state index contributed by atoms with van der Waals surface area (Å²) in [5, 5.41) is 3.59. The highest BCUT2D eigenvalue weighted by Gasteiger charge is 2.30. The quantitative estimate of drug-likeness (QED) is 0.867. The van der Waals surface area contributed by atoms with E-state index >= 15 is 0 Å². The topological polar surface area (TPSA) is 21.3 Å². The molecule has 1 aromatic carbocycles. The molecule has 0 heterocycles. The molecule has 0 aromatic heterocycles. The van der Waals surface area contributed by atoms with Crippen molar-refractivity contribution in [2.45, 2.75) is 58.6 Å². The lowest BCUT2D eigenvalue weighted by atomic mass is 9.82. The van der Waals surface area contributed by atoms with E-state index in [-0.39, 0.29) is 0 Å². The number of rotatable bonds is 5. The van der Waals surface area contributed by atoms with Crippen molar-refractivity contribution in [2.75, 3.05) is 6.54 Å². The standard InChI is InChI=1S/C17H27NO/c1-4-14-10-11-15(18-5-2)17(12-14)19-16-9-7-6-8-13(16)3/h6-9,14-15,17-18H,4-5,10-12H2,1-3H3. The molecule has 1 N–H and O–H groups in total. The highest BCUT2D eigenvalue weighted by molar-refractivity contribution is 5.32. The summed E-state index contributed by atoms with van der Waals surface area (Å²) in [7, 11) is 0. The number of aryl methyl sites for hydroxylation is 1. The lowest BCUT2D eigenvalue weighted by Crippen LogP contribution is -2.47. The minimum Gasteiger partial charge on any atom is -0.489 e. The molecule has 2 nitrogen and oxygen atoms in total. The van der Waals surface area contributed by atoms with Crippen molar-refractivity contribution >= 4 is 0 Å². The Labute approximate surface area is 117 Å². The average molecular weight is 261 g/mol. The van der Waals surface area contributed by atoms with Crippen LogP contribution in [0.2, 0.25) is 0 Å². The van der Waals surface area contributed by atoms with Gasteiger partial charge in [0.15, 0.2) is 0 Å². The van der Waals surface area contributed by atoms with Crippen LogP contribution in [0, 0.1) is 12.8 Å². The fourth-order valence-electron chi connectivity index (χ4n) is 3.06. The van der Waals surface area contributed by atoms with Gasteiger partial charge in [-0.3, -0.25) is 0 Å². The van der Waals surface area contributed by atoms with E-state index in [1.807, 2.05) is 0 Å². The molecule has 0 amide bonds. The predicted molar refractivity (Wildman–Crippen MR) is 80.7 cm³/mol. The number of para-hydroxylation sites is 1. The minimum absolute atomic E-state index is 0.319. The summed E-state index contributed by atoms with van der Waals surface area (Å²) in [6.07, 6.45) is 5.35. The van der Waals surface area contributed by atoms with Crippen molar-refractivity contribution in [3.8, 4) is 5.75 Å². The van der Waals surface area contributed by atoms with Crippen molar-refractivity contribution in [1.29, 1.82) is 0 Å². The second kappa shape index (κ2) is 6.95. The molecule has 0 bridgehead atoms. The van der Waals surface area contributed by atoms with E-state index < -0.39 is 0 Å². The summed E-state index contributed by atoms with van der Waals surface area (Å²) in [4.78, 5) is 0. The molecule has 0 spiro atoms. The van der Waals surface area contributed by atoms with Gasteiger partial charge in [-0.2, -0.15) is 0 Å². The zero-order valence-electron chi connectivity index (χ0n) is 12.5. The first kappa shape index (κ1) is 14.4. The maximum atomic E-state index is 6.32. The maximum absolute atomic E-state index is 6.32. The summed E-state index contributed by atoms with van der Waals surface area (Å²) in [5.74, 6) is 1.87. The van der Waals surface area contributed by atoms with Crippen LogP contribution >= 0.6 is 0 Å². The van der Waals surface area contributed by atoms with Crippen LogP contribution in [-0.4, -0.2) is 18.7 Å². The Balaban J connectivity index is 2.07. The molecule has 1 aliphatic carbocycles. The molecule has 0 saturated heterocycles. The first-order valence-electron chi connectivity index (χ1n) is 7.70. The van der Waals surface area contributed by atoms with Gasteiger partial charge in [-0.25, -0.2) is 0 Å². The lowest BCUT2D eigenvalue weighted by molar-refractivity contribution is 0.0850. The van der Waals surface area contributed by atoms with Gasteiger partial charge in [0, 0.05) is 6.04 Å². The molecular weight excluding hydrogens is 234 g/mol. The van der Waals surface area contributed by atoms with Crippen LogP contribution in [0.3, 0.4) is 0 Å². The monoisotopic (exact) mass is 261 g/mol. The Kier molecular flexibility index (Phi) is 5.26. The second-order valence-corrected chi connectivity index (χ2v) is 5.67. The summed E-state index contributed by atoms with van der Waals surface area (Å²) in [6.45, 7) is 7.62. The van der Waals surface area contributed by atoms with Crippen LogP contribution in [0.4, 0.5) is 0 Å². The van der Waals surface area contributed by atoms with Gasteiger partial charge < -0.3 is 10.1 Å². The molecular formula is C17H27NO. The number of ether oxygens (including phenoxy) is 1. The van der Waals surface area contributed by atoms with E-state index in [0.29, 0.717) is 12.1 Å². The molecule has 3 unspecified atom stereocenters. The molecule has 0 radical (unpaired) electrons. The van der Waals surface area contributed by atoms with E-state index in [9.17, 15) is 0 Å². The van der Waals surface area contributed by atoms with Gasteiger partial charge in [0.05, 0.1) is 0 Å². The van der Waals surface area contributed by atoms with Gasteiger partial charge >= 0.3 is 0 Å². The van der Waals surface area contributed by atoms with Gasteiger partial charge in [-0.15, -0.1) is 0 Å². The summed E-state index contributed by atoms with van der Waals surface area (Å²) in [5.41, 5.74) is 1.23. The number of hydrogen-bond acceptors (Lipinski definition) is 2. The average Bonchev–Trinajstić information content (AvgIpc) is 2.43. The summed E-state index contributed by atoms with van der Waals surface area (Å²) in [6, 6.07) is 8.85. The number of benzene rings is 1. The normalized spacial score (nSPS) is 27.2. The Morgan fingerprint density at radius 1 is 1.21 bits per heavy atom. The van der Waals surface area contributed by atoms with E-state index in [0.717, 1.165) is 18.2 Å². The van der Waals surface area contributed by atoms with Crippen LogP contribution in [0.1, 0.15) is 45.1 Å². The van der Waals surface area contributed by atoms with Gasteiger partial charge in [-0.1, -0.05) is 38.5 Å². The number of likely N-dealkylation sites (N-methyl/N-ethyl adjacent to an activating group) is 1. The molecule has 19 heavy (non-hydrogen) atoms. The third-order valence-corrected chi connectivity index (χ3v) is 4.32. The fourth-order valence-corrected chi connectivity index (χ4v) is 3.06. The summed E-state index contributed by atoms with van der Waals surface area (Å²) < 4.78 is 6.32. The van der Waals surface area contributed by atoms with Crippen LogP contribution in [0.15, 0.2) is 24.3 Å². The molecule has 1 aromatic rings. The molecule has 2 rings (SSSR count). The maximum Gasteiger partial charge on any atom is 0.122 e. The molecule has 106 valence electrons. The summed E-state index contributed by atoms with van der Waals surface area (Å²) >= 11 is 0. The van der Waals surface area contributed by atoms with Gasteiger partial charge in [0.25, 0.3) is 0 Å². The van der Waals surface area contributed by atoms with Crippen molar-refractivity contribution in [3.63, 3.8) is 0 Å².